The summed E-state index contributed by atoms with van der Waals surface area (Å²) in [7, 11) is 0. The highest BCUT2D eigenvalue weighted by molar-refractivity contribution is 5.96. The molecule has 0 saturated carbocycles. The van der Waals surface area contributed by atoms with Crippen molar-refractivity contribution in [2.24, 2.45) is 0 Å². The summed E-state index contributed by atoms with van der Waals surface area (Å²) in [5.41, 5.74) is 4.30. The van der Waals surface area contributed by atoms with E-state index in [0.29, 0.717) is 13.1 Å². The molecule has 0 bridgehead atoms. The highest BCUT2D eigenvalue weighted by Gasteiger charge is 2.13. The van der Waals surface area contributed by atoms with Crippen molar-refractivity contribution < 1.29 is 4.79 Å². The van der Waals surface area contributed by atoms with Crippen LogP contribution in [0.4, 0.5) is 11.4 Å². The Morgan fingerprint density at radius 2 is 1.62 bits per heavy atom. The van der Waals surface area contributed by atoms with Crippen molar-refractivity contribution in [1.82, 2.24) is 0 Å². The number of aryl methyl sites for hydroxylation is 2. The summed E-state index contributed by atoms with van der Waals surface area (Å²) in [6.07, 6.45) is 0. The van der Waals surface area contributed by atoms with Crippen LogP contribution < -0.4 is 10.2 Å². The lowest BCUT2D eigenvalue weighted by Crippen LogP contribution is -2.35. The summed E-state index contributed by atoms with van der Waals surface area (Å²) >= 11 is 0. The highest BCUT2D eigenvalue weighted by atomic mass is 16.2. The van der Waals surface area contributed by atoms with Gasteiger partial charge in [0, 0.05) is 17.9 Å². The summed E-state index contributed by atoms with van der Waals surface area (Å²) in [4.78, 5) is 14.2. The molecule has 0 saturated heterocycles. The fourth-order valence-corrected chi connectivity index (χ4v) is 2.46. The van der Waals surface area contributed by atoms with Crippen molar-refractivity contribution in [2.45, 2.75) is 20.8 Å². The van der Waals surface area contributed by atoms with Gasteiger partial charge in [-0.2, -0.15) is 0 Å². The molecule has 0 atom stereocenters. The highest BCUT2D eigenvalue weighted by Crippen LogP contribution is 2.19. The molecule has 1 N–H and O–H groups in total. The van der Waals surface area contributed by atoms with E-state index in [2.05, 4.69) is 31.3 Å². The molecule has 0 fully saturated rings. The van der Waals surface area contributed by atoms with E-state index in [4.69, 9.17) is 0 Å². The number of hydrogen-bond acceptors (Lipinski definition) is 2. The lowest BCUT2D eigenvalue weighted by molar-refractivity contribution is -0.116. The van der Waals surface area contributed by atoms with Crippen LogP contribution in [-0.2, 0) is 4.79 Å². The summed E-state index contributed by atoms with van der Waals surface area (Å²) in [6, 6.07) is 15.9. The third-order valence-electron chi connectivity index (χ3n) is 3.58. The SMILES string of the molecule is CCN(C(=O)CNc1c(C)cccc1C)c1ccccc1. The normalized spacial score (nSPS) is 10.2. The number of rotatable bonds is 5. The van der Waals surface area contributed by atoms with E-state index < -0.39 is 0 Å². The smallest absolute Gasteiger partial charge is 0.246 e. The monoisotopic (exact) mass is 282 g/mol. The first kappa shape index (κ1) is 15.1. The molecular formula is C18H22N2O. The molecule has 0 heterocycles. The van der Waals surface area contributed by atoms with Crippen molar-refractivity contribution in [3.05, 3.63) is 59.7 Å². The first-order valence-corrected chi connectivity index (χ1v) is 7.29. The Balaban J connectivity index is 2.07. The maximum atomic E-state index is 12.4. The van der Waals surface area contributed by atoms with Crippen molar-refractivity contribution in [2.75, 3.05) is 23.3 Å². The van der Waals surface area contributed by atoms with Crippen LogP contribution in [0.3, 0.4) is 0 Å². The molecule has 0 aliphatic carbocycles. The number of nitrogens with zero attached hydrogens (tertiary/aromatic N) is 1. The molecule has 0 aliphatic rings. The summed E-state index contributed by atoms with van der Waals surface area (Å²) < 4.78 is 0. The van der Waals surface area contributed by atoms with Crippen LogP contribution in [0.15, 0.2) is 48.5 Å². The Bertz CT molecular complexity index is 588. The Morgan fingerprint density at radius 3 is 2.19 bits per heavy atom. The van der Waals surface area contributed by atoms with Crippen molar-refractivity contribution in [1.29, 1.82) is 0 Å². The van der Waals surface area contributed by atoms with Gasteiger partial charge in [-0.1, -0.05) is 36.4 Å². The van der Waals surface area contributed by atoms with Gasteiger partial charge in [0.05, 0.1) is 6.54 Å². The lowest BCUT2D eigenvalue weighted by Gasteiger charge is -2.22. The zero-order chi connectivity index (χ0) is 15.2. The number of hydrogen-bond donors (Lipinski definition) is 1. The largest absolute Gasteiger partial charge is 0.376 e. The van der Waals surface area contributed by atoms with Crippen LogP contribution in [0.1, 0.15) is 18.1 Å². The lowest BCUT2D eigenvalue weighted by atomic mass is 10.1. The predicted molar refractivity (Wildman–Crippen MR) is 88.9 cm³/mol. The van der Waals surface area contributed by atoms with Gasteiger partial charge in [0.2, 0.25) is 5.91 Å². The van der Waals surface area contributed by atoms with E-state index in [-0.39, 0.29) is 5.91 Å². The van der Waals surface area contributed by atoms with E-state index in [9.17, 15) is 4.79 Å². The molecule has 2 rings (SSSR count). The number of anilines is 2. The molecule has 21 heavy (non-hydrogen) atoms. The molecule has 3 nitrogen and oxygen atoms in total. The summed E-state index contributed by atoms with van der Waals surface area (Å²) in [5.74, 6) is 0.0753. The minimum absolute atomic E-state index is 0.0753. The Labute approximate surface area is 126 Å². The van der Waals surface area contributed by atoms with E-state index in [1.54, 1.807) is 4.90 Å². The van der Waals surface area contributed by atoms with Crippen LogP contribution >= 0.6 is 0 Å². The average Bonchev–Trinajstić information content (AvgIpc) is 2.48. The molecule has 0 unspecified atom stereocenters. The molecule has 0 aromatic heterocycles. The Morgan fingerprint density at radius 1 is 1.00 bits per heavy atom. The Hall–Kier alpha value is -2.29. The van der Waals surface area contributed by atoms with Gasteiger partial charge in [-0.3, -0.25) is 4.79 Å². The Kier molecular flexibility index (Phi) is 4.99. The summed E-state index contributed by atoms with van der Waals surface area (Å²) in [5, 5.41) is 3.27. The van der Waals surface area contributed by atoms with E-state index in [1.165, 1.54) is 0 Å². The van der Waals surface area contributed by atoms with Gasteiger partial charge in [0.15, 0.2) is 0 Å². The first-order valence-electron chi connectivity index (χ1n) is 7.29. The van der Waals surface area contributed by atoms with Gasteiger partial charge in [-0.15, -0.1) is 0 Å². The van der Waals surface area contributed by atoms with Crippen LogP contribution in [0.2, 0.25) is 0 Å². The maximum Gasteiger partial charge on any atom is 0.246 e. The molecule has 0 spiro atoms. The second-order valence-electron chi connectivity index (χ2n) is 5.09. The predicted octanol–water partition coefficient (Wildman–Crippen LogP) is 3.77. The first-order chi connectivity index (χ1) is 10.1. The molecule has 2 aromatic rings. The number of carbonyl (C=O) groups is 1. The summed E-state index contributed by atoms with van der Waals surface area (Å²) in [6.45, 7) is 7.05. The van der Waals surface area contributed by atoms with Gasteiger partial charge in [-0.25, -0.2) is 0 Å². The standard InChI is InChI=1S/C18H22N2O/c1-4-20(16-11-6-5-7-12-16)17(21)13-19-18-14(2)9-8-10-15(18)3/h5-12,19H,4,13H2,1-3H3. The number of nitrogens with one attached hydrogen (secondary N) is 1. The number of para-hydroxylation sites is 2. The minimum Gasteiger partial charge on any atom is -0.376 e. The average molecular weight is 282 g/mol. The third kappa shape index (κ3) is 3.63. The molecule has 0 aliphatic heterocycles. The van der Waals surface area contributed by atoms with E-state index in [1.807, 2.05) is 43.3 Å². The van der Waals surface area contributed by atoms with E-state index >= 15 is 0 Å². The van der Waals surface area contributed by atoms with Crippen LogP contribution in [0, 0.1) is 13.8 Å². The minimum atomic E-state index is 0.0753. The second kappa shape index (κ2) is 6.93. The number of benzene rings is 2. The fourth-order valence-electron chi connectivity index (χ4n) is 2.46. The fraction of sp³-hybridized carbons (Fsp3) is 0.278. The number of amides is 1. The van der Waals surface area contributed by atoms with Gasteiger partial charge in [-0.05, 0) is 44.0 Å². The van der Waals surface area contributed by atoms with Gasteiger partial charge in [0.1, 0.15) is 0 Å². The molecule has 1 amide bonds. The third-order valence-corrected chi connectivity index (χ3v) is 3.58. The van der Waals surface area contributed by atoms with Crippen LogP contribution in [-0.4, -0.2) is 19.0 Å². The number of carbonyl (C=O) groups excluding carboxylic acids is 1. The molecule has 2 aromatic carbocycles. The van der Waals surface area contributed by atoms with Crippen molar-refractivity contribution in [3.8, 4) is 0 Å². The molecular weight excluding hydrogens is 260 g/mol. The van der Waals surface area contributed by atoms with Crippen molar-refractivity contribution in [3.63, 3.8) is 0 Å². The van der Waals surface area contributed by atoms with Crippen molar-refractivity contribution >= 4 is 17.3 Å². The zero-order valence-electron chi connectivity index (χ0n) is 12.9. The second-order valence-corrected chi connectivity index (χ2v) is 5.09. The quantitative estimate of drug-likeness (QED) is 0.905. The molecule has 0 radical (unpaired) electrons. The number of likely N-dealkylation sites (N-methyl/N-ethyl adjacent to an activating group) is 1. The van der Waals surface area contributed by atoms with Crippen LogP contribution in [0.5, 0.6) is 0 Å². The van der Waals surface area contributed by atoms with E-state index in [0.717, 1.165) is 22.5 Å². The topological polar surface area (TPSA) is 32.3 Å². The van der Waals surface area contributed by atoms with Gasteiger partial charge < -0.3 is 10.2 Å². The van der Waals surface area contributed by atoms with Gasteiger partial charge in [0.25, 0.3) is 0 Å². The maximum absolute atomic E-state index is 12.4. The van der Waals surface area contributed by atoms with Crippen LogP contribution in [0.25, 0.3) is 0 Å². The zero-order valence-corrected chi connectivity index (χ0v) is 12.9. The molecule has 3 heteroatoms. The van der Waals surface area contributed by atoms with Gasteiger partial charge >= 0.3 is 0 Å². The molecule has 110 valence electrons.